The van der Waals surface area contributed by atoms with Crippen LogP contribution in [0.5, 0.6) is 0 Å². The van der Waals surface area contributed by atoms with Crippen LogP contribution < -0.4 is 10.6 Å². The Morgan fingerprint density at radius 2 is 1.86 bits per heavy atom. The van der Waals surface area contributed by atoms with Crippen molar-refractivity contribution in [2.45, 2.75) is 31.7 Å². The number of carbonyl (C=O) groups excluding carboxylic acids is 1. The third-order valence-electron chi connectivity index (χ3n) is 3.73. The fourth-order valence-corrected chi connectivity index (χ4v) is 2.76. The van der Waals surface area contributed by atoms with Crippen molar-refractivity contribution in [1.82, 2.24) is 0 Å². The quantitative estimate of drug-likeness (QED) is 0.784. The van der Waals surface area contributed by atoms with Gasteiger partial charge in [-0.1, -0.05) is 25.0 Å². The summed E-state index contributed by atoms with van der Waals surface area (Å²) in [5.74, 6) is -1.31. The molecule has 1 aromatic carbocycles. The lowest BCUT2D eigenvalue weighted by Gasteiger charge is -2.30. The van der Waals surface area contributed by atoms with Gasteiger partial charge in [0.2, 0.25) is 5.91 Å². The van der Waals surface area contributed by atoms with E-state index >= 15 is 0 Å². The van der Waals surface area contributed by atoms with Crippen LogP contribution in [0.2, 0.25) is 0 Å². The van der Waals surface area contributed by atoms with Crippen molar-refractivity contribution in [2.24, 2.45) is 5.73 Å². The Morgan fingerprint density at radius 1 is 1.24 bits per heavy atom. The topological polar surface area (TPSA) is 83.6 Å². The highest BCUT2D eigenvalue weighted by Gasteiger charge is 2.23. The summed E-state index contributed by atoms with van der Waals surface area (Å²) in [6, 6.07) is 7.86. The molecule has 0 aromatic heterocycles. The van der Waals surface area contributed by atoms with Gasteiger partial charge in [0.15, 0.2) is 0 Å². The third-order valence-corrected chi connectivity index (χ3v) is 3.73. The number of anilines is 1. The van der Waals surface area contributed by atoms with Gasteiger partial charge in [0.25, 0.3) is 0 Å². The second-order valence-corrected chi connectivity index (χ2v) is 5.30. The lowest BCUT2D eigenvalue weighted by Crippen LogP contribution is -2.40. The summed E-state index contributed by atoms with van der Waals surface area (Å²) in [7, 11) is 0. The lowest BCUT2D eigenvalue weighted by atomic mass is 10.1. The van der Waals surface area contributed by atoms with E-state index in [0.717, 1.165) is 30.2 Å². The molecule has 0 unspecified atom stereocenters. The van der Waals surface area contributed by atoms with Crippen LogP contribution in [0, 0.1) is 0 Å². The van der Waals surface area contributed by atoms with Gasteiger partial charge >= 0.3 is 5.97 Å². The summed E-state index contributed by atoms with van der Waals surface area (Å²) < 4.78 is 0. The van der Waals surface area contributed by atoms with Gasteiger partial charge in [0.05, 0.1) is 6.54 Å². The number of nitrogens with zero attached hydrogens (tertiary/aromatic N) is 1. The van der Waals surface area contributed by atoms with Crippen molar-refractivity contribution in [2.75, 3.05) is 11.4 Å². The summed E-state index contributed by atoms with van der Waals surface area (Å²) in [4.78, 5) is 23.8. The number of amides is 1. The average molecular weight is 288 g/mol. The molecule has 1 aliphatic carbocycles. The predicted octanol–water partition coefficient (Wildman–Crippen LogP) is 2.02. The Balaban J connectivity index is 2.15. The second-order valence-electron chi connectivity index (χ2n) is 5.30. The van der Waals surface area contributed by atoms with Crippen molar-refractivity contribution in [3.63, 3.8) is 0 Å². The number of carboxylic acids is 1. The standard InChI is InChI=1S/C16H20N2O3/c17-15(19)11-18(13-3-1-2-4-13)14-8-5-12(6-9-14)7-10-16(20)21/h5-10,13H,1-4,11H2,(H2,17,19)(H,20,21). The molecule has 3 N–H and O–H groups in total. The molecule has 5 heteroatoms. The number of nitrogens with two attached hydrogens (primary N) is 1. The van der Waals surface area contributed by atoms with Crippen molar-refractivity contribution < 1.29 is 14.7 Å². The molecule has 0 aliphatic heterocycles. The molecule has 1 aromatic rings. The fraction of sp³-hybridized carbons (Fsp3) is 0.375. The maximum Gasteiger partial charge on any atom is 0.328 e. The summed E-state index contributed by atoms with van der Waals surface area (Å²) in [6.45, 7) is 0.217. The van der Waals surface area contributed by atoms with E-state index in [-0.39, 0.29) is 12.5 Å². The Kier molecular flexibility index (Phi) is 4.98. The molecular formula is C16H20N2O3. The zero-order valence-electron chi connectivity index (χ0n) is 11.9. The van der Waals surface area contributed by atoms with Crippen LogP contribution >= 0.6 is 0 Å². The van der Waals surface area contributed by atoms with Gasteiger partial charge in [-0.05, 0) is 36.6 Å². The van der Waals surface area contributed by atoms with Gasteiger partial charge in [-0.2, -0.15) is 0 Å². The van der Waals surface area contributed by atoms with E-state index in [1.165, 1.54) is 12.8 Å². The smallest absolute Gasteiger partial charge is 0.328 e. The van der Waals surface area contributed by atoms with Gasteiger partial charge in [-0.25, -0.2) is 4.79 Å². The maximum absolute atomic E-state index is 11.3. The summed E-state index contributed by atoms with van der Waals surface area (Å²) in [5.41, 5.74) is 7.12. The Labute approximate surface area is 124 Å². The first kappa shape index (κ1) is 15.1. The van der Waals surface area contributed by atoms with Gasteiger partial charge in [-0.15, -0.1) is 0 Å². The SMILES string of the molecule is NC(=O)CN(c1ccc(C=CC(=O)O)cc1)C1CCCC1. The van der Waals surface area contributed by atoms with E-state index in [4.69, 9.17) is 10.8 Å². The van der Waals surface area contributed by atoms with Crippen LogP contribution in [0.1, 0.15) is 31.2 Å². The van der Waals surface area contributed by atoms with Crippen molar-refractivity contribution in [3.05, 3.63) is 35.9 Å². The Hall–Kier alpha value is -2.30. The number of hydrogen-bond donors (Lipinski definition) is 2. The van der Waals surface area contributed by atoms with Crippen LogP contribution in [-0.2, 0) is 9.59 Å². The van der Waals surface area contributed by atoms with Gasteiger partial charge in [0.1, 0.15) is 0 Å². The largest absolute Gasteiger partial charge is 0.478 e. The van der Waals surface area contributed by atoms with Crippen LogP contribution in [0.3, 0.4) is 0 Å². The van der Waals surface area contributed by atoms with Crippen LogP contribution in [-0.4, -0.2) is 29.6 Å². The van der Waals surface area contributed by atoms with E-state index < -0.39 is 5.97 Å². The molecule has 0 bridgehead atoms. The molecule has 1 aliphatic rings. The van der Waals surface area contributed by atoms with Crippen molar-refractivity contribution in [1.29, 1.82) is 0 Å². The first-order valence-electron chi connectivity index (χ1n) is 7.12. The molecule has 5 nitrogen and oxygen atoms in total. The van der Waals surface area contributed by atoms with E-state index in [1.807, 2.05) is 24.3 Å². The average Bonchev–Trinajstić information content (AvgIpc) is 2.97. The molecule has 2 rings (SSSR count). The molecule has 0 saturated heterocycles. The number of aliphatic carboxylic acids is 1. The predicted molar refractivity (Wildman–Crippen MR) is 81.9 cm³/mol. The molecular weight excluding hydrogens is 268 g/mol. The van der Waals surface area contributed by atoms with Crippen molar-refractivity contribution >= 4 is 23.6 Å². The maximum atomic E-state index is 11.3. The van der Waals surface area contributed by atoms with Crippen LogP contribution in [0.4, 0.5) is 5.69 Å². The van der Waals surface area contributed by atoms with Crippen LogP contribution in [0.25, 0.3) is 6.08 Å². The molecule has 0 spiro atoms. The summed E-state index contributed by atoms with van der Waals surface area (Å²) in [5, 5.41) is 8.61. The summed E-state index contributed by atoms with van der Waals surface area (Å²) >= 11 is 0. The normalized spacial score (nSPS) is 15.4. The minimum absolute atomic E-state index is 0.217. The highest BCUT2D eigenvalue weighted by molar-refractivity contribution is 5.85. The van der Waals surface area contributed by atoms with Gasteiger partial charge in [0, 0.05) is 17.8 Å². The minimum Gasteiger partial charge on any atom is -0.478 e. The molecule has 112 valence electrons. The highest BCUT2D eigenvalue weighted by Crippen LogP contribution is 2.28. The fourth-order valence-electron chi connectivity index (χ4n) is 2.76. The van der Waals surface area contributed by atoms with E-state index in [2.05, 4.69) is 4.90 Å². The van der Waals surface area contributed by atoms with E-state index in [0.29, 0.717) is 6.04 Å². The number of primary amides is 1. The van der Waals surface area contributed by atoms with E-state index in [9.17, 15) is 9.59 Å². The number of carboxylic acid groups (broad SMARTS) is 1. The molecule has 0 atom stereocenters. The number of benzene rings is 1. The zero-order chi connectivity index (χ0) is 15.2. The van der Waals surface area contributed by atoms with Crippen molar-refractivity contribution in [3.8, 4) is 0 Å². The minimum atomic E-state index is -0.972. The van der Waals surface area contributed by atoms with E-state index in [1.54, 1.807) is 6.08 Å². The third kappa shape index (κ3) is 4.34. The molecule has 0 heterocycles. The lowest BCUT2D eigenvalue weighted by molar-refractivity contribution is -0.131. The molecule has 1 fully saturated rings. The molecule has 0 radical (unpaired) electrons. The number of hydrogen-bond acceptors (Lipinski definition) is 3. The number of rotatable bonds is 6. The molecule has 1 saturated carbocycles. The molecule has 1 amide bonds. The van der Waals surface area contributed by atoms with Gasteiger partial charge < -0.3 is 15.7 Å². The molecule has 21 heavy (non-hydrogen) atoms. The Bertz CT molecular complexity index is 531. The second kappa shape index (κ2) is 6.92. The zero-order valence-corrected chi connectivity index (χ0v) is 11.9. The first-order valence-corrected chi connectivity index (χ1v) is 7.12. The summed E-state index contributed by atoms with van der Waals surface area (Å²) in [6.07, 6.45) is 7.16. The Morgan fingerprint density at radius 3 is 2.38 bits per heavy atom. The monoisotopic (exact) mass is 288 g/mol. The van der Waals surface area contributed by atoms with Crippen LogP contribution in [0.15, 0.2) is 30.3 Å². The first-order chi connectivity index (χ1) is 10.1. The highest BCUT2D eigenvalue weighted by atomic mass is 16.4. The number of carbonyl (C=O) groups is 2. The van der Waals surface area contributed by atoms with Gasteiger partial charge in [-0.3, -0.25) is 4.79 Å².